The van der Waals surface area contributed by atoms with Crippen molar-refractivity contribution in [2.75, 3.05) is 0 Å². The van der Waals surface area contributed by atoms with Gasteiger partial charge in [-0.25, -0.2) is 4.68 Å². The fourth-order valence-electron chi connectivity index (χ4n) is 3.14. The van der Waals surface area contributed by atoms with E-state index in [1.165, 1.54) is 19.2 Å². The highest BCUT2D eigenvalue weighted by Gasteiger charge is 2.30. The zero-order valence-electron chi connectivity index (χ0n) is 16.3. The molecule has 0 saturated carbocycles. The monoisotopic (exact) mass is 413 g/mol. The zero-order valence-corrected chi connectivity index (χ0v) is 17.1. The Kier molecular flexibility index (Phi) is 5.98. The highest BCUT2D eigenvalue weighted by atomic mass is 35.5. The van der Waals surface area contributed by atoms with Gasteiger partial charge in [-0.3, -0.25) is 14.9 Å². The second kappa shape index (κ2) is 8.45. The maximum absolute atomic E-state index is 13.3. The van der Waals surface area contributed by atoms with Crippen molar-refractivity contribution in [1.29, 1.82) is 0 Å². The van der Waals surface area contributed by atoms with Crippen molar-refractivity contribution < 1.29 is 14.5 Å². The summed E-state index contributed by atoms with van der Waals surface area (Å²) >= 11 is 6.17. The molecular formula is C21H20ClN3O4. The SMILES string of the molecule is CCn1ncc(C(=O)c2cc(C)c(Cl)c(C)c2[N+](=O)[O-])c1OCc1ccccc1. The average Bonchev–Trinajstić information content (AvgIpc) is 3.13. The molecule has 1 aromatic heterocycles. The molecule has 150 valence electrons. The van der Waals surface area contributed by atoms with E-state index in [0.29, 0.717) is 12.1 Å². The van der Waals surface area contributed by atoms with Crippen LogP contribution in [0.2, 0.25) is 5.02 Å². The quantitative estimate of drug-likeness (QED) is 0.312. The number of rotatable bonds is 7. The number of carbonyl (C=O) groups is 1. The minimum atomic E-state index is -0.581. The number of nitro benzene ring substituents is 1. The van der Waals surface area contributed by atoms with Crippen LogP contribution in [0.3, 0.4) is 0 Å². The molecule has 29 heavy (non-hydrogen) atoms. The van der Waals surface area contributed by atoms with Gasteiger partial charge in [0.25, 0.3) is 5.69 Å². The van der Waals surface area contributed by atoms with E-state index in [-0.39, 0.29) is 39.9 Å². The Morgan fingerprint density at radius 2 is 1.93 bits per heavy atom. The summed E-state index contributed by atoms with van der Waals surface area (Å²) in [5.41, 5.74) is 1.62. The Morgan fingerprint density at radius 1 is 1.24 bits per heavy atom. The van der Waals surface area contributed by atoms with E-state index in [1.807, 2.05) is 37.3 Å². The Balaban J connectivity index is 2.05. The van der Waals surface area contributed by atoms with Crippen LogP contribution in [0.5, 0.6) is 5.88 Å². The summed E-state index contributed by atoms with van der Waals surface area (Å²) in [6.45, 7) is 5.84. The first-order valence-electron chi connectivity index (χ1n) is 9.06. The minimum absolute atomic E-state index is 0.0328. The molecule has 7 nitrogen and oxygen atoms in total. The molecule has 0 saturated heterocycles. The lowest BCUT2D eigenvalue weighted by Gasteiger charge is -2.12. The molecule has 2 aromatic carbocycles. The summed E-state index contributed by atoms with van der Waals surface area (Å²) in [7, 11) is 0. The molecule has 0 aliphatic heterocycles. The first kappa shape index (κ1) is 20.5. The summed E-state index contributed by atoms with van der Waals surface area (Å²) < 4.78 is 7.45. The smallest absolute Gasteiger partial charge is 0.284 e. The van der Waals surface area contributed by atoms with E-state index in [2.05, 4.69) is 5.10 Å². The van der Waals surface area contributed by atoms with Crippen LogP contribution in [0.15, 0.2) is 42.6 Å². The lowest BCUT2D eigenvalue weighted by Crippen LogP contribution is -2.11. The number of aryl methyl sites for hydroxylation is 2. The van der Waals surface area contributed by atoms with E-state index in [0.717, 1.165) is 5.56 Å². The number of ketones is 1. The van der Waals surface area contributed by atoms with Crippen LogP contribution < -0.4 is 4.74 Å². The van der Waals surface area contributed by atoms with Crippen molar-refractivity contribution in [2.24, 2.45) is 0 Å². The van der Waals surface area contributed by atoms with Crippen LogP contribution in [0.4, 0.5) is 5.69 Å². The Labute approximate surface area is 173 Å². The molecule has 3 aromatic rings. The number of halogens is 1. The summed E-state index contributed by atoms with van der Waals surface area (Å²) in [6, 6.07) is 10.9. The van der Waals surface area contributed by atoms with Crippen molar-refractivity contribution >= 4 is 23.1 Å². The number of nitro groups is 1. The third-order valence-corrected chi connectivity index (χ3v) is 5.21. The van der Waals surface area contributed by atoms with Crippen LogP contribution in [0, 0.1) is 24.0 Å². The van der Waals surface area contributed by atoms with Crippen LogP contribution in [0.25, 0.3) is 0 Å². The molecule has 8 heteroatoms. The van der Waals surface area contributed by atoms with Crippen molar-refractivity contribution in [3.05, 3.63) is 85.5 Å². The van der Waals surface area contributed by atoms with E-state index in [4.69, 9.17) is 16.3 Å². The van der Waals surface area contributed by atoms with Gasteiger partial charge < -0.3 is 4.74 Å². The van der Waals surface area contributed by atoms with Crippen molar-refractivity contribution in [1.82, 2.24) is 9.78 Å². The number of benzene rings is 2. The summed E-state index contributed by atoms with van der Waals surface area (Å²) in [5, 5.41) is 16.1. The molecule has 0 radical (unpaired) electrons. The molecule has 0 aliphatic rings. The highest BCUT2D eigenvalue weighted by molar-refractivity contribution is 6.32. The Bertz CT molecular complexity index is 1080. The minimum Gasteiger partial charge on any atom is -0.472 e. The van der Waals surface area contributed by atoms with Gasteiger partial charge in [-0.05, 0) is 38.0 Å². The molecular weight excluding hydrogens is 394 g/mol. The number of carbonyl (C=O) groups excluding carboxylic acids is 1. The molecule has 0 bridgehead atoms. The number of hydrogen-bond donors (Lipinski definition) is 0. The van der Waals surface area contributed by atoms with E-state index >= 15 is 0 Å². The lowest BCUT2D eigenvalue weighted by atomic mass is 9.98. The standard InChI is InChI=1S/C21H20ClN3O4/c1-4-24-21(29-12-15-8-6-5-7-9-15)17(11-23-24)20(26)16-10-13(2)18(22)14(3)19(16)25(27)28/h5-11H,4,12H2,1-3H3. The van der Waals surface area contributed by atoms with Crippen molar-refractivity contribution in [3.8, 4) is 5.88 Å². The number of hydrogen-bond acceptors (Lipinski definition) is 5. The second-order valence-corrected chi connectivity index (χ2v) is 6.95. The average molecular weight is 414 g/mol. The van der Waals surface area contributed by atoms with Crippen LogP contribution in [0.1, 0.15) is 39.5 Å². The molecule has 0 fully saturated rings. The van der Waals surface area contributed by atoms with Crippen LogP contribution in [-0.4, -0.2) is 20.5 Å². The van der Waals surface area contributed by atoms with E-state index in [9.17, 15) is 14.9 Å². The molecule has 0 N–H and O–H groups in total. The normalized spacial score (nSPS) is 10.8. The van der Waals surface area contributed by atoms with E-state index < -0.39 is 10.7 Å². The predicted molar refractivity (Wildman–Crippen MR) is 110 cm³/mol. The third-order valence-electron chi connectivity index (χ3n) is 4.63. The topological polar surface area (TPSA) is 87.3 Å². The van der Waals surface area contributed by atoms with Gasteiger partial charge in [0.2, 0.25) is 11.7 Å². The van der Waals surface area contributed by atoms with Gasteiger partial charge in [0.15, 0.2) is 0 Å². The number of nitrogens with zero attached hydrogens (tertiary/aromatic N) is 3. The second-order valence-electron chi connectivity index (χ2n) is 6.57. The fourth-order valence-corrected chi connectivity index (χ4v) is 3.28. The van der Waals surface area contributed by atoms with Gasteiger partial charge in [0, 0.05) is 12.1 Å². The van der Waals surface area contributed by atoms with Crippen LogP contribution in [-0.2, 0) is 13.2 Å². The highest BCUT2D eigenvalue weighted by Crippen LogP contribution is 2.35. The molecule has 0 atom stereocenters. The van der Waals surface area contributed by atoms with E-state index in [1.54, 1.807) is 11.6 Å². The molecule has 0 unspecified atom stereocenters. The van der Waals surface area contributed by atoms with Gasteiger partial charge in [0.1, 0.15) is 17.7 Å². The summed E-state index contributed by atoms with van der Waals surface area (Å²) in [5.74, 6) is -0.247. The van der Waals surface area contributed by atoms with Crippen molar-refractivity contribution in [2.45, 2.75) is 33.9 Å². The predicted octanol–water partition coefficient (Wildman–Crippen LogP) is 4.89. The van der Waals surface area contributed by atoms with Gasteiger partial charge in [0.05, 0.1) is 16.1 Å². The maximum atomic E-state index is 13.3. The largest absolute Gasteiger partial charge is 0.472 e. The zero-order chi connectivity index (χ0) is 21.1. The van der Waals surface area contributed by atoms with Gasteiger partial charge >= 0.3 is 0 Å². The Morgan fingerprint density at radius 3 is 2.55 bits per heavy atom. The molecule has 0 aliphatic carbocycles. The molecule has 0 amide bonds. The Hall–Kier alpha value is -3.19. The third kappa shape index (κ3) is 4.00. The van der Waals surface area contributed by atoms with Gasteiger partial charge in [-0.15, -0.1) is 0 Å². The first-order chi connectivity index (χ1) is 13.8. The van der Waals surface area contributed by atoms with Gasteiger partial charge in [-0.1, -0.05) is 41.9 Å². The van der Waals surface area contributed by atoms with Gasteiger partial charge in [-0.2, -0.15) is 5.10 Å². The fraction of sp³-hybridized carbons (Fsp3) is 0.238. The first-order valence-corrected chi connectivity index (χ1v) is 9.44. The summed E-state index contributed by atoms with van der Waals surface area (Å²) in [4.78, 5) is 24.3. The number of ether oxygens (including phenoxy) is 1. The number of aromatic nitrogens is 2. The summed E-state index contributed by atoms with van der Waals surface area (Å²) in [6.07, 6.45) is 1.38. The van der Waals surface area contributed by atoms with Crippen LogP contribution >= 0.6 is 11.6 Å². The van der Waals surface area contributed by atoms with Crippen molar-refractivity contribution in [3.63, 3.8) is 0 Å². The molecule has 3 rings (SSSR count). The molecule has 1 heterocycles. The molecule has 0 spiro atoms. The maximum Gasteiger partial charge on any atom is 0.284 e. The lowest BCUT2D eigenvalue weighted by molar-refractivity contribution is -0.385.